The molecule has 4 atom stereocenters. The number of hydrogen-bond donors (Lipinski definition) is 7. The molecule has 0 heterocycles. The van der Waals surface area contributed by atoms with Gasteiger partial charge >= 0.3 is 5.97 Å². The molecule has 0 aliphatic rings. The number of nitrogens with one attached hydrogen (secondary N) is 3. The van der Waals surface area contributed by atoms with Crippen molar-refractivity contribution in [2.75, 3.05) is 5.75 Å². The smallest absolute Gasteiger partial charge is 0.325 e. The Morgan fingerprint density at radius 1 is 0.964 bits per heavy atom. The summed E-state index contributed by atoms with van der Waals surface area (Å²) in [6, 6.07) is -4.32. The summed E-state index contributed by atoms with van der Waals surface area (Å²) < 4.78 is 0. The number of carbonyl (C=O) groups excluding carboxylic acids is 4. The monoisotopic (exact) mass is 419 g/mol. The van der Waals surface area contributed by atoms with Gasteiger partial charge in [0.1, 0.15) is 18.1 Å². The van der Waals surface area contributed by atoms with Crippen LogP contribution in [0.15, 0.2) is 0 Å². The third kappa shape index (κ3) is 9.04. The largest absolute Gasteiger partial charge is 0.480 e. The fourth-order valence-electron chi connectivity index (χ4n) is 2.07. The van der Waals surface area contributed by atoms with E-state index in [0.29, 0.717) is 0 Å². The molecule has 160 valence electrons. The quantitative estimate of drug-likeness (QED) is 0.173. The van der Waals surface area contributed by atoms with Crippen molar-refractivity contribution in [3.63, 3.8) is 0 Å². The third-order valence-electron chi connectivity index (χ3n) is 3.82. The second kappa shape index (κ2) is 12.2. The average molecular weight is 420 g/mol. The van der Waals surface area contributed by atoms with Crippen LogP contribution in [0.4, 0.5) is 0 Å². The molecular formula is C16H29N5O6S. The number of aliphatic carboxylic acids is 1. The van der Waals surface area contributed by atoms with Crippen LogP contribution in [0, 0.1) is 5.92 Å². The van der Waals surface area contributed by atoms with Gasteiger partial charge in [-0.2, -0.15) is 12.6 Å². The van der Waals surface area contributed by atoms with E-state index < -0.39 is 53.8 Å². The molecule has 4 unspecified atom stereocenters. The van der Waals surface area contributed by atoms with Gasteiger partial charge in [0.15, 0.2) is 0 Å². The summed E-state index contributed by atoms with van der Waals surface area (Å²) in [6.45, 7) is 4.62. The fraction of sp³-hybridized carbons (Fsp3) is 0.688. The molecule has 0 radical (unpaired) electrons. The Balaban J connectivity index is 5.29. The number of carbonyl (C=O) groups is 5. The van der Waals surface area contributed by atoms with Gasteiger partial charge in [0.2, 0.25) is 23.6 Å². The van der Waals surface area contributed by atoms with Crippen molar-refractivity contribution < 1.29 is 29.1 Å². The predicted octanol–water partition coefficient (Wildman–Crippen LogP) is -2.28. The van der Waals surface area contributed by atoms with Crippen molar-refractivity contribution in [3.05, 3.63) is 0 Å². The second-order valence-corrected chi connectivity index (χ2v) is 7.02. The maximum Gasteiger partial charge on any atom is 0.325 e. The Morgan fingerprint density at radius 3 is 1.96 bits per heavy atom. The minimum Gasteiger partial charge on any atom is -0.480 e. The number of nitrogens with two attached hydrogens (primary N) is 2. The van der Waals surface area contributed by atoms with Crippen molar-refractivity contribution >= 4 is 42.2 Å². The molecule has 12 heteroatoms. The molecule has 0 fully saturated rings. The maximum atomic E-state index is 12.6. The Morgan fingerprint density at radius 2 is 1.54 bits per heavy atom. The fourth-order valence-corrected chi connectivity index (χ4v) is 2.24. The Hall–Kier alpha value is -2.34. The van der Waals surface area contributed by atoms with Crippen LogP contribution in [0.2, 0.25) is 0 Å². The highest BCUT2D eigenvalue weighted by Gasteiger charge is 2.30. The highest BCUT2D eigenvalue weighted by Crippen LogP contribution is 2.06. The minimum atomic E-state index is -1.26. The first-order chi connectivity index (χ1) is 12.9. The SMILES string of the molecule is CC(NC(=O)C(CCC(N)=O)NC(=O)C(NC(=O)C(N)CS)C(C)C)C(=O)O. The maximum absolute atomic E-state index is 12.6. The molecule has 0 spiro atoms. The number of thiol groups is 1. The standard InChI is InChI=1S/C16H29N5O6S/c1-7(2)12(21-13(23)9(17)6-28)15(25)20-10(4-5-11(18)22)14(24)19-8(3)16(26)27/h7-10,12,28H,4-6,17H2,1-3H3,(H2,18,22)(H,19,24)(H,20,25)(H,21,23)(H,26,27). The summed E-state index contributed by atoms with van der Waals surface area (Å²) in [5.74, 6) is -4.26. The van der Waals surface area contributed by atoms with Gasteiger partial charge in [-0.25, -0.2) is 0 Å². The topological polar surface area (TPSA) is 194 Å². The molecule has 0 aromatic heterocycles. The highest BCUT2D eigenvalue weighted by molar-refractivity contribution is 7.80. The summed E-state index contributed by atoms with van der Waals surface area (Å²) in [7, 11) is 0. The molecular weight excluding hydrogens is 390 g/mol. The summed E-state index contributed by atoms with van der Waals surface area (Å²) in [5, 5.41) is 16.1. The van der Waals surface area contributed by atoms with Gasteiger partial charge in [-0.15, -0.1) is 0 Å². The third-order valence-corrected chi connectivity index (χ3v) is 4.22. The van der Waals surface area contributed by atoms with Crippen LogP contribution >= 0.6 is 12.6 Å². The van der Waals surface area contributed by atoms with Crippen molar-refractivity contribution in [2.24, 2.45) is 17.4 Å². The summed E-state index contributed by atoms with van der Waals surface area (Å²) in [4.78, 5) is 58.9. The zero-order valence-corrected chi connectivity index (χ0v) is 17.0. The van der Waals surface area contributed by atoms with E-state index in [1.807, 2.05) is 0 Å². The molecule has 0 saturated carbocycles. The zero-order valence-electron chi connectivity index (χ0n) is 16.1. The Kier molecular flexibility index (Phi) is 11.2. The van der Waals surface area contributed by atoms with Gasteiger partial charge in [0.25, 0.3) is 0 Å². The lowest BCUT2D eigenvalue weighted by Gasteiger charge is -2.26. The van der Waals surface area contributed by atoms with Crippen LogP contribution in [0.25, 0.3) is 0 Å². The first-order valence-electron chi connectivity index (χ1n) is 8.69. The van der Waals surface area contributed by atoms with E-state index in [1.54, 1.807) is 13.8 Å². The van der Waals surface area contributed by atoms with Crippen LogP contribution in [0.1, 0.15) is 33.6 Å². The van der Waals surface area contributed by atoms with Crippen molar-refractivity contribution in [2.45, 2.75) is 57.8 Å². The lowest BCUT2D eigenvalue weighted by atomic mass is 10.0. The first-order valence-corrected chi connectivity index (χ1v) is 9.32. The van der Waals surface area contributed by atoms with Gasteiger partial charge in [-0.1, -0.05) is 13.8 Å². The molecule has 0 aliphatic carbocycles. The molecule has 0 bridgehead atoms. The molecule has 4 amide bonds. The molecule has 0 aromatic rings. The average Bonchev–Trinajstić information content (AvgIpc) is 2.60. The molecule has 0 saturated heterocycles. The number of carboxylic acid groups (broad SMARTS) is 1. The van der Waals surface area contributed by atoms with Crippen LogP contribution in [0.5, 0.6) is 0 Å². The van der Waals surface area contributed by atoms with Crippen molar-refractivity contribution in [1.82, 2.24) is 16.0 Å². The number of carboxylic acids is 1. The van der Waals surface area contributed by atoms with Crippen LogP contribution in [-0.2, 0) is 24.0 Å². The zero-order chi connectivity index (χ0) is 22.0. The van der Waals surface area contributed by atoms with Crippen LogP contribution < -0.4 is 27.4 Å². The predicted molar refractivity (Wildman–Crippen MR) is 104 cm³/mol. The van der Waals surface area contributed by atoms with E-state index in [0.717, 1.165) is 0 Å². The molecule has 8 N–H and O–H groups in total. The normalized spacial score (nSPS) is 15.1. The molecule has 28 heavy (non-hydrogen) atoms. The Labute approximate surface area is 168 Å². The minimum absolute atomic E-state index is 0.0784. The number of rotatable bonds is 12. The van der Waals surface area contributed by atoms with E-state index in [1.165, 1.54) is 6.92 Å². The van der Waals surface area contributed by atoms with Crippen molar-refractivity contribution in [1.29, 1.82) is 0 Å². The van der Waals surface area contributed by atoms with Gasteiger partial charge in [-0.05, 0) is 19.3 Å². The number of primary amides is 1. The van der Waals surface area contributed by atoms with E-state index in [2.05, 4.69) is 28.6 Å². The molecule has 0 aromatic carbocycles. The molecule has 0 aliphatic heterocycles. The lowest BCUT2D eigenvalue weighted by Crippen LogP contribution is -2.58. The van der Waals surface area contributed by atoms with E-state index in [4.69, 9.17) is 16.6 Å². The van der Waals surface area contributed by atoms with Gasteiger partial charge in [0, 0.05) is 12.2 Å². The van der Waals surface area contributed by atoms with E-state index in [-0.39, 0.29) is 24.5 Å². The Bertz CT molecular complexity index is 600. The number of amides is 4. The molecule has 11 nitrogen and oxygen atoms in total. The van der Waals surface area contributed by atoms with E-state index in [9.17, 15) is 24.0 Å². The van der Waals surface area contributed by atoms with Gasteiger partial charge < -0.3 is 32.5 Å². The van der Waals surface area contributed by atoms with Crippen LogP contribution in [0.3, 0.4) is 0 Å². The van der Waals surface area contributed by atoms with Gasteiger partial charge in [0.05, 0.1) is 6.04 Å². The molecule has 0 rings (SSSR count). The summed E-state index contributed by atoms with van der Waals surface area (Å²) in [5.41, 5.74) is 10.7. The summed E-state index contributed by atoms with van der Waals surface area (Å²) in [6.07, 6.45) is -0.336. The number of hydrogen-bond acceptors (Lipinski definition) is 7. The van der Waals surface area contributed by atoms with Gasteiger partial charge in [-0.3, -0.25) is 24.0 Å². The summed E-state index contributed by atoms with van der Waals surface area (Å²) >= 11 is 3.93. The lowest BCUT2D eigenvalue weighted by molar-refractivity contribution is -0.142. The van der Waals surface area contributed by atoms with E-state index >= 15 is 0 Å². The second-order valence-electron chi connectivity index (χ2n) is 6.65. The van der Waals surface area contributed by atoms with Crippen molar-refractivity contribution in [3.8, 4) is 0 Å². The van der Waals surface area contributed by atoms with Crippen LogP contribution in [-0.4, -0.2) is 64.6 Å². The highest BCUT2D eigenvalue weighted by atomic mass is 32.1. The first kappa shape index (κ1) is 25.7.